The summed E-state index contributed by atoms with van der Waals surface area (Å²) in [7, 11) is 1.21. The quantitative estimate of drug-likeness (QED) is 0.466. The van der Waals surface area contributed by atoms with Crippen molar-refractivity contribution in [2.45, 2.75) is 6.18 Å². The fraction of sp³-hybridized carbons (Fsp3) is 0.111. The summed E-state index contributed by atoms with van der Waals surface area (Å²) in [5, 5.41) is 3.29. The topological polar surface area (TPSA) is 38.1 Å². The number of halogens is 6. The molecule has 0 bridgehead atoms. The molecule has 2 aromatic carbocycles. The van der Waals surface area contributed by atoms with Gasteiger partial charge >= 0.3 is 6.18 Å². The van der Waals surface area contributed by atoms with Crippen LogP contribution in [-0.2, 0) is 18.0 Å². The number of alkyl halides is 3. The van der Waals surface area contributed by atoms with Crippen LogP contribution in [0.25, 0.3) is 11.1 Å². The molecule has 0 N–H and O–H groups in total. The van der Waals surface area contributed by atoms with Gasteiger partial charge in [0.15, 0.2) is 17.3 Å². The van der Waals surface area contributed by atoms with Crippen molar-refractivity contribution in [2.24, 2.45) is 7.05 Å². The van der Waals surface area contributed by atoms with Crippen molar-refractivity contribution >= 4 is 17.8 Å². The standard InChI is InChI=1S/C18H11F6N3O/c1-26-8-15(17(25-26)18(22,23)24)27(9-28)16-11(3-2-4-13(16)20)10-5-6-12(19)14(21)7-10/h2-9H,1H3. The second kappa shape index (κ2) is 7.02. The third-order valence-electron chi connectivity index (χ3n) is 3.90. The predicted octanol–water partition coefficient (Wildman–Crippen LogP) is 4.82. The maximum absolute atomic E-state index is 14.6. The summed E-state index contributed by atoms with van der Waals surface area (Å²) in [4.78, 5) is 12.1. The molecular weight excluding hydrogens is 388 g/mol. The Morgan fingerprint density at radius 2 is 1.75 bits per heavy atom. The van der Waals surface area contributed by atoms with Crippen molar-refractivity contribution in [1.29, 1.82) is 0 Å². The van der Waals surface area contributed by atoms with Gasteiger partial charge in [0.2, 0.25) is 6.41 Å². The largest absolute Gasteiger partial charge is 0.437 e. The van der Waals surface area contributed by atoms with Gasteiger partial charge in [0.25, 0.3) is 0 Å². The highest BCUT2D eigenvalue weighted by molar-refractivity contribution is 5.94. The van der Waals surface area contributed by atoms with Crippen LogP contribution in [0, 0.1) is 17.5 Å². The summed E-state index contributed by atoms with van der Waals surface area (Å²) < 4.78 is 82.1. The summed E-state index contributed by atoms with van der Waals surface area (Å²) in [6, 6.07) is 6.09. The van der Waals surface area contributed by atoms with E-state index in [4.69, 9.17) is 0 Å². The average Bonchev–Trinajstić information content (AvgIpc) is 3.01. The van der Waals surface area contributed by atoms with Crippen LogP contribution in [0.15, 0.2) is 42.6 Å². The van der Waals surface area contributed by atoms with Crippen LogP contribution in [0.4, 0.5) is 37.7 Å². The SMILES string of the molecule is Cn1cc(N(C=O)c2c(F)cccc2-c2ccc(F)c(F)c2)c(C(F)(F)F)n1. The van der Waals surface area contributed by atoms with Crippen molar-refractivity contribution in [3.8, 4) is 11.1 Å². The molecule has 0 aliphatic carbocycles. The number of rotatable bonds is 4. The van der Waals surface area contributed by atoms with Gasteiger partial charge in [0, 0.05) is 18.8 Å². The van der Waals surface area contributed by atoms with Crippen molar-refractivity contribution < 1.29 is 31.1 Å². The van der Waals surface area contributed by atoms with E-state index in [2.05, 4.69) is 5.10 Å². The van der Waals surface area contributed by atoms with Gasteiger partial charge in [0.05, 0.1) is 11.4 Å². The van der Waals surface area contributed by atoms with E-state index in [1.54, 1.807) is 0 Å². The predicted molar refractivity (Wildman–Crippen MR) is 88.2 cm³/mol. The number of aromatic nitrogens is 2. The Bertz CT molecular complexity index is 1040. The van der Waals surface area contributed by atoms with E-state index in [0.29, 0.717) is 4.90 Å². The van der Waals surface area contributed by atoms with Crippen LogP contribution in [0.2, 0.25) is 0 Å². The van der Waals surface area contributed by atoms with E-state index in [-0.39, 0.29) is 17.5 Å². The van der Waals surface area contributed by atoms with Gasteiger partial charge in [-0.3, -0.25) is 14.4 Å². The van der Waals surface area contributed by atoms with Crippen LogP contribution in [0.1, 0.15) is 5.69 Å². The summed E-state index contributed by atoms with van der Waals surface area (Å²) in [5.74, 6) is -3.42. The molecule has 0 unspecified atom stereocenters. The molecule has 3 aromatic rings. The lowest BCUT2D eigenvalue weighted by Crippen LogP contribution is -2.20. The Kier molecular flexibility index (Phi) is 4.88. The lowest BCUT2D eigenvalue weighted by molar-refractivity contribution is -0.140. The van der Waals surface area contributed by atoms with Crippen LogP contribution in [-0.4, -0.2) is 16.2 Å². The van der Waals surface area contributed by atoms with Gasteiger partial charge in [-0.05, 0) is 23.8 Å². The minimum Gasteiger partial charge on any atom is -0.278 e. The molecule has 0 fully saturated rings. The van der Waals surface area contributed by atoms with E-state index in [0.717, 1.165) is 35.1 Å². The molecule has 1 heterocycles. The molecule has 0 aliphatic rings. The highest BCUT2D eigenvalue weighted by Crippen LogP contribution is 2.41. The van der Waals surface area contributed by atoms with E-state index >= 15 is 0 Å². The minimum absolute atomic E-state index is 0.00591. The first-order valence-electron chi connectivity index (χ1n) is 7.72. The van der Waals surface area contributed by atoms with Gasteiger partial charge in [0.1, 0.15) is 5.82 Å². The first-order valence-corrected chi connectivity index (χ1v) is 7.72. The molecule has 1 amide bonds. The zero-order chi connectivity index (χ0) is 20.6. The van der Waals surface area contributed by atoms with Gasteiger partial charge in [-0.1, -0.05) is 18.2 Å². The highest BCUT2D eigenvalue weighted by Gasteiger charge is 2.39. The summed E-state index contributed by atoms with van der Waals surface area (Å²) in [6.07, 6.45) is -4.02. The molecule has 0 spiro atoms. The fourth-order valence-electron chi connectivity index (χ4n) is 2.74. The molecule has 4 nitrogen and oxygen atoms in total. The number of aryl methyl sites for hydroxylation is 1. The number of amides is 1. The molecule has 0 radical (unpaired) electrons. The Morgan fingerprint density at radius 3 is 2.36 bits per heavy atom. The number of para-hydroxylation sites is 1. The zero-order valence-corrected chi connectivity index (χ0v) is 14.1. The van der Waals surface area contributed by atoms with Gasteiger partial charge < -0.3 is 0 Å². The normalized spacial score (nSPS) is 11.5. The molecule has 0 aliphatic heterocycles. The van der Waals surface area contributed by atoms with Crippen molar-refractivity contribution in [3.63, 3.8) is 0 Å². The summed E-state index contributed by atoms with van der Waals surface area (Å²) in [6.45, 7) is 0. The van der Waals surface area contributed by atoms with E-state index in [1.165, 1.54) is 19.2 Å². The lowest BCUT2D eigenvalue weighted by atomic mass is 10.0. The molecular formula is C18H11F6N3O. The number of carbonyl (C=O) groups is 1. The van der Waals surface area contributed by atoms with Gasteiger partial charge in [-0.25, -0.2) is 13.2 Å². The Morgan fingerprint density at radius 1 is 1.04 bits per heavy atom. The highest BCUT2D eigenvalue weighted by atomic mass is 19.4. The molecule has 10 heteroatoms. The summed E-state index contributed by atoms with van der Waals surface area (Å²) >= 11 is 0. The Labute approximate surface area is 154 Å². The maximum atomic E-state index is 14.6. The Hall–Kier alpha value is -3.30. The van der Waals surface area contributed by atoms with Gasteiger partial charge in [-0.2, -0.15) is 18.3 Å². The number of carbonyl (C=O) groups excluding carboxylic acids is 1. The molecule has 3 rings (SSSR count). The number of hydrogen-bond donors (Lipinski definition) is 0. The van der Waals surface area contributed by atoms with Crippen LogP contribution < -0.4 is 4.90 Å². The second-order valence-corrected chi connectivity index (χ2v) is 5.77. The first kappa shape index (κ1) is 19.5. The molecule has 0 saturated heterocycles. The minimum atomic E-state index is -4.91. The van der Waals surface area contributed by atoms with Crippen molar-refractivity contribution in [2.75, 3.05) is 4.90 Å². The fourth-order valence-corrected chi connectivity index (χ4v) is 2.74. The molecule has 28 heavy (non-hydrogen) atoms. The molecule has 0 atom stereocenters. The number of nitrogens with zero attached hydrogens (tertiary/aromatic N) is 3. The summed E-state index contributed by atoms with van der Waals surface area (Å²) in [5.41, 5.74) is -2.80. The number of anilines is 2. The smallest absolute Gasteiger partial charge is 0.278 e. The van der Waals surface area contributed by atoms with E-state index < -0.39 is 40.7 Å². The maximum Gasteiger partial charge on any atom is 0.437 e. The first-order chi connectivity index (χ1) is 13.1. The molecule has 146 valence electrons. The third-order valence-corrected chi connectivity index (χ3v) is 3.90. The van der Waals surface area contributed by atoms with Gasteiger partial charge in [-0.15, -0.1) is 0 Å². The van der Waals surface area contributed by atoms with Crippen LogP contribution in [0.5, 0.6) is 0 Å². The second-order valence-electron chi connectivity index (χ2n) is 5.77. The Balaban J connectivity index is 2.26. The number of benzene rings is 2. The van der Waals surface area contributed by atoms with E-state index in [1.807, 2.05) is 0 Å². The number of hydrogen-bond acceptors (Lipinski definition) is 2. The van der Waals surface area contributed by atoms with E-state index in [9.17, 15) is 31.1 Å². The van der Waals surface area contributed by atoms with Crippen LogP contribution in [0.3, 0.4) is 0 Å². The molecule has 1 aromatic heterocycles. The molecule has 0 saturated carbocycles. The van der Waals surface area contributed by atoms with Crippen molar-refractivity contribution in [1.82, 2.24) is 9.78 Å². The van der Waals surface area contributed by atoms with Crippen LogP contribution >= 0.6 is 0 Å². The third kappa shape index (κ3) is 3.45. The zero-order valence-electron chi connectivity index (χ0n) is 14.1. The lowest BCUT2D eigenvalue weighted by Gasteiger charge is -2.22. The average molecular weight is 399 g/mol. The monoisotopic (exact) mass is 399 g/mol. The van der Waals surface area contributed by atoms with Crippen molar-refractivity contribution in [3.05, 3.63) is 65.7 Å².